The van der Waals surface area contributed by atoms with E-state index in [1.807, 2.05) is 0 Å². The Morgan fingerprint density at radius 3 is 2.82 bits per heavy atom. The van der Waals surface area contributed by atoms with Gasteiger partial charge in [0.1, 0.15) is 0 Å². The van der Waals surface area contributed by atoms with Crippen molar-refractivity contribution in [1.29, 1.82) is 0 Å². The highest BCUT2D eigenvalue weighted by Gasteiger charge is 2.18. The van der Waals surface area contributed by atoms with E-state index in [1.54, 1.807) is 0 Å². The third-order valence-corrected chi connectivity index (χ3v) is 4.13. The molecule has 0 spiro atoms. The van der Waals surface area contributed by atoms with E-state index < -0.39 is 0 Å². The molecule has 1 fully saturated rings. The molecule has 96 valence electrons. The van der Waals surface area contributed by atoms with E-state index in [0.717, 1.165) is 18.2 Å². The minimum Gasteiger partial charge on any atom is -0.375 e. The molecular formula is C12H22N4S. The van der Waals surface area contributed by atoms with Crippen molar-refractivity contribution < 1.29 is 0 Å². The zero-order chi connectivity index (χ0) is 12.3. The molecule has 1 aromatic heterocycles. The van der Waals surface area contributed by atoms with E-state index in [2.05, 4.69) is 34.3 Å². The van der Waals surface area contributed by atoms with Gasteiger partial charge in [-0.15, -0.1) is 11.3 Å². The first kappa shape index (κ1) is 12.8. The summed E-state index contributed by atoms with van der Waals surface area (Å²) in [5, 5.41) is 2.73. The Labute approximate surface area is 107 Å². The topological polar surface area (TPSA) is 45.4 Å². The summed E-state index contributed by atoms with van der Waals surface area (Å²) in [7, 11) is 4.38. The second-order valence-electron chi connectivity index (χ2n) is 5.12. The van der Waals surface area contributed by atoms with E-state index in [4.69, 9.17) is 5.73 Å². The third-order valence-electron chi connectivity index (χ3n) is 3.41. The molecule has 0 saturated carbocycles. The molecule has 0 aliphatic carbocycles. The number of thiazole rings is 1. The molecule has 2 N–H and O–H groups in total. The van der Waals surface area contributed by atoms with Gasteiger partial charge in [0.2, 0.25) is 0 Å². The number of hydrogen-bond donors (Lipinski definition) is 1. The lowest BCUT2D eigenvalue weighted by Gasteiger charge is -2.31. The van der Waals surface area contributed by atoms with Crippen molar-refractivity contribution in [3.05, 3.63) is 11.1 Å². The molecule has 0 unspecified atom stereocenters. The van der Waals surface area contributed by atoms with Gasteiger partial charge in [0.15, 0.2) is 5.13 Å². The summed E-state index contributed by atoms with van der Waals surface area (Å²) < 4.78 is 0. The number of piperidine rings is 1. The third kappa shape index (κ3) is 3.94. The lowest BCUT2D eigenvalue weighted by molar-refractivity contribution is 0.173. The van der Waals surface area contributed by atoms with Crippen LogP contribution in [0, 0.1) is 5.92 Å². The van der Waals surface area contributed by atoms with Crippen LogP contribution in [-0.4, -0.2) is 48.5 Å². The van der Waals surface area contributed by atoms with Gasteiger partial charge in [-0.2, -0.15) is 0 Å². The number of nitrogen functional groups attached to an aromatic ring is 1. The molecule has 17 heavy (non-hydrogen) atoms. The van der Waals surface area contributed by atoms with Crippen molar-refractivity contribution in [2.75, 3.05) is 39.5 Å². The van der Waals surface area contributed by atoms with Gasteiger partial charge >= 0.3 is 0 Å². The quantitative estimate of drug-likeness (QED) is 0.884. The van der Waals surface area contributed by atoms with Crippen molar-refractivity contribution >= 4 is 16.5 Å². The maximum atomic E-state index is 5.64. The SMILES string of the molecule is CN1CCC(CN(C)Cc2csc(N)n2)CC1. The van der Waals surface area contributed by atoms with Gasteiger partial charge in [0, 0.05) is 18.5 Å². The maximum absolute atomic E-state index is 5.64. The highest BCUT2D eigenvalue weighted by atomic mass is 32.1. The van der Waals surface area contributed by atoms with Gasteiger partial charge in [-0.3, -0.25) is 0 Å². The standard InChI is InChI=1S/C12H22N4S/c1-15-5-3-10(4-6-15)7-16(2)8-11-9-17-12(13)14-11/h9-10H,3-8H2,1-2H3,(H2,13,14). The van der Waals surface area contributed by atoms with Crippen molar-refractivity contribution in [1.82, 2.24) is 14.8 Å². The first-order valence-electron chi connectivity index (χ1n) is 6.20. The van der Waals surface area contributed by atoms with Crippen LogP contribution in [0.4, 0.5) is 5.13 Å². The minimum absolute atomic E-state index is 0.674. The average molecular weight is 254 g/mol. The van der Waals surface area contributed by atoms with E-state index in [9.17, 15) is 0 Å². The Kier molecular flexibility index (Phi) is 4.36. The summed E-state index contributed by atoms with van der Waals surface area (Å²) in [4.78, 5) is 9.08. The molecule has 0 bridgehead atoms. The van der Waals surface area contributed by atoms with E-state index in [-0.39, 0.29) is 0 Å². The molecule has 1 aliphatic rings. The Hall–Kier alpha value is -0.650. The van der Waals surface area contributed by atoms with Crippen LogP contribution >= 0.6 is 11.3 Å². The highest BCUT2D eigenvalue weighted by molar-refractivity contribution is 7.13. The zero-order valence-corrected chi connectivity index (χ0v) is 11.5. The van der Waals surface area contributed by atoms with E-state index in [1.165, 1.54) is 43.8 Å². The van der Waals surface area contributed by atoms with Crippen LogP contribution < -0.4 is 5.73 Å². The average Bonchev–Trinajstić information content (AvgIpc) is 2.67. The fraction of sp³-hybridized carbons (Fsp3) is 0.750. The predicted molar refractivity (Wildman–Crippen MR) is 73.1 cm³/mol. The summed E-state index contributed by atoms with van der Waals surface area (Å²) in [6.45, 7) is 4.57. The molecule has 2 rings (SSSR count). The number of rotatable bonds is 4. The summed E-state index contributed by atoms with van der Waals surface area (Å²) in [6.07, 6.45) is 2.64. The van der Waals surface area contributed by atoms with Crippen molar-refractivity contribution in [2.45, 2.75) is 19.4 Å². The Morgan fingerprint density at radius 2 is 2.24 bits per heavy atom. The van der Waals surface area contributed by atoms with Crippen molar-refractivity contribution in [3.8, 4) is 0 Å². The van der Waals surface area contributed by atoms with Crippen LogP contribution in [0.2, 0.25) is 0 Å². The molecule has 1 aromatic rings. The predicted octanol–water partition coefficient (Wildman–Crippen LogP) is 1.50. The summed E-state index contributed by atoms with van der Waals surface area (Å²) in [5.41, 5.74) is 6.74. The fourth-order valence-electron chi connectivity index (χ4n) is 2.42. The summed E-state index contributed by atoms with van der Waals surface area (Å²) in [6, 6.07) is 0. The van der Waals surface area contributed by atoms with E-state index in [0.29, 0.717) is 5.13 Å². The van der Waals surface area contributed by atoms with Gasteiger partial charge in [-0.05, 0) is 45.9 Å². The Bertz CT molecular complexity index is 344. The van der Waals surface area contributed by atoms with E-state index >= 15 is 0 Å². The number of aromatic nitrogens is 1. The van der Waals surface area contributed by atoms with Gasteiger partial charge in [-0.1, -0.05) is 0 Å². The smallest absolute Gasteiger partial charge is 0.180 e. The lowest BCUT2D eigenvalue weighted by atomic mass is 9.97. The largest absolute Gasteiger partial charge is 0.375 e. The Balaban J connectivity index is 1.75. The molecule has 0 radical (unpaired) electrons. The van der Waals surface area contributed by atoms with Crippen molar-refractivity contribution in [2.24, 2.45) is 5.92 Å². The normalized spacial score (nSPS) is 19.0. The zero-order valence-electron chi connectivity index (χ0n) is 10.7. The van der Waals surface area contributed by atoms with Crippen LogP contribution in [0.25, 0.3) is 0 Å². The first-order chi connectivity index (χ1) is 8.13. The number of likely N-dealkylation sites (tertiary alicyclic amines) is 1. The molecule has 0 amide bonds. The summed E-state index contributed by atoms with van der Waals surface area (Å²) >= 11 is 1.53. The maximum Gasteiger partial charge on any atom is 0.180 e. The second kappa shape index (κ2) is 5.80. The van der Waals surface area contributed by atoms with Crippen molar-refractivity contribution in [3.63, 3.8) is 0 Å². The molecule has 5 heteroatoms. The lowest BCUT2D eigenvalue weighted by Crippen LogP contribution is -2.35. The number of nitrogens with two attached hydrogens (primary N) is 1. The fourth-order valence-corrected chi connectivity index (χ4v) is 2.98. The van der Waals surface area contributed by atoms with Gasteiger partial charge in [-0.25, -0.2) is 4.98 Å². The minimum atomic E-state index is 0.674. The van der Waals surface area contributed by atoms with Crippen LogP contribution in [0.1, 0.15) is 18.5 Å². The molecule has 1 saturated heterocycles. The second-order valence-corrected chi connectivity index (χ2v) is 6.01. The molecule has 0 aromatic carbocycles. The van der Waals surface area contributed by atoms with Crippen LogP contribution in [-0.2, 0) is 6.54 Å². The molecule has 4 nitrogen and oxygen atoms in total. The Morgan fingerprint density at radius 1 is 1.53 bits per heavy atom. The van der Waals surface area contributed by atoms with Gasteiger partial charge in [0.25, 0.3) is 0 Å². The van der Waals surface area contributed by atoms with Crippen LogP contribution in [0.15, 0.2) is 5.38 Å². The molecule has 2 heterocycles. The monoisotopic (exact) mass is 254 g/mol. The molecule has 0 atom stereocenters. The highest BCUT2D eigenvalue weighted by Crippen LogP contribution is 2.18. The van der Waals surface area contributed by atoms with Crippen LogP contribution in [0.5, 0.6) is 0 Å². The van der Waals surface area contributed by atoms with Crippen LogP contribution in [0.3, 0.4) is 0 Å². The van der Waals surface area contributed by atoms with Gasteiger partial charge in [0.05, 0.1) is 5.69 Å². The van der Waals surface area contributed by atoms with Gasteiger partial charge < -0.3 is 15.5 Å². The summed E-state index contributed by atoms with van der Waals surface area (Å²) in [5.74, 6) is 0.840. The number of nitrogens with zero attached hydrogens (tertiary/aromatic N) is 3. The molecular weight excluding hydrogens is 232 g/mol. The number of hydrogen-bond acceptors (Lipinski definition) is 5. The molecule has 1 aliphatic heterocycles. The first-order valence-corrected chi connectivity index (χ1v) is 7.08. The number of anilines is 1.